The van der Waals surface area contributed by atoms with Crippen LogP contribution in [0.1, 0.15) is 11.1 Å². The zero-order chi connectivity index (χ0) is 31.8. The van der Waals surface area contributed by atoms with Crippen LogP contribution in [-0.2, 0) is 6.54 Å². The summed E-state index contributed by atoms with van der Waals surface area (Å²) < 4.78 is 7.30. The molecule has 3 nitrogen and oxygen atoms in total. The van der Waals surface area contributed by atoms with Crippen LogP contribution in [0.2, 0.25) is 0 Å². The molecule has 3 heterocycles. The summed E-state index contributed by atoms with van der Waals surface area (Å²) in [6, 6.07) is 57.6. The van der Waals surface area contributed by atoms with Gasteiger partial charge >= 0.3 is 0 Å². The van der Waals surface area contributed by atoms with Crippen molar-refractivity contribution in [2.24, 2.45) is 0 Å². The van der Waals surface area contributed by atoms with Crippen LogP contribution in [0.5, 0.6) is 0 Å². The number of nitrogens with zero attached hydrogens (tertiary/aromatic N) is 3. The van der Waals surface area contributed by atoms with Gasteiger partial charge in [-0.3, -0.25) is 0 Å². The maximum Gasteiger partial charge on any atom is 0.0541 e. The lowest BCUT2D eigenvalue weighted by atomic mass is 10.1. The Morgan fingerprint density at radius 1 is 0.396 bits per heavy atom. The summed E-state index contributed by atoms with van der Waals surface area (Å²) in [6.07, 6.45) is 1.90. The number of hydrogen-bond donors (Lipinski definition) is 0. The third-order valence-corrected chi connectivity index (χ3v) is 10.1. The van der Waals surface area contributed by atoms with Gasteiger partial charge in [0.15, 0.2) is 0 Å². The summed E-state index contributed by atoms with van der Waals surface area (Å²) in [5.74, 6) is 0. The molecular weight excluding hydrogens is 583 g/mol. The number of hydrogen-bond acceptors (Lipinski definition) is 0. The highest BCUT2D eigenvalue weighted by Crippen LogP contribution is 2.38. The van der Waals surface area contributed by atoms with Crippen molar-refractivity contribution in [1.82, 2.24) is 13.7 Å². The molecule has 3 aromatic heterocycles. The Labute approximate surface area is 277 Å². The minimum Gasteiger partial charge on any atom is -0.336 e. The van der Waals surface area contributed by atoms with Crippen molar-refractivity contribution in [1.29, 1.82) is 0 Å². The zero-order valence-electron chi connectivity index (χ0n) is 26.3. The van der Waals surface area contributed by atoms with Crippen LogP contribution in [-0.4, -0.2) is 13.7 Å². The Kier molecular flexibility index (Phi) is 5.79. The van der Waals surface area contributed by atoms with Gasteiger partial charge in [0, 0.05) is 61.3 Å². The van der Waals surface area contributed by atoms with Crippen LogP contribution in [0, 0.1) is 0 Å². The van der Waals surface area contributed by atoms with Gasteiger partial charge < -0.3 is 13.7 Å². The molecule has 226 valence electrons. The molecule has 0 amide bonds. The summed E-state index contributed by atoms with van der Waals surface area (Å²) in [4.78, 5) is 0. The van der Waals surface area contributed by atoms with Gasteiger partial charge in [-0.05, 0) is 71.8 Å². The lowest BCUT2D eigenvalue weighted by Crippen LogP contribution is -2.00. The maximum atomic E-state index is 3.94. The maximum absolute atomic E-state index is 3.94. The zero-order valence-corrected chi connectivity index (χ0v) is 26.3. The van der Waals surface area contributed by atoms with Gasteiger partial charge in [0.05, 0.1) is 22.1 Å². The highest BCUT2D eigenvalue weighted by molar-refractivity contribution is 6.13. The highest BCUT2D eigenvalue weighted by Gasteiger charge is 2.18. The minimum absolute atomic E-state index is 0.779. The normalized spacial score (nSPS) is 11.9. The fraction of sp³-hybridized carbons (Fsp3) is 0.0222. The van der Waals surface area contributed by atoms with Crippen molar-refractivity contribution in [3.05, 3.63) is 175 Å². The molecule has 3 heteroatoms. The SMILES string of the molecule is C=Cc1ccc(Cn2c3ccc(-n4c5ccccc5c5ccccc54)cc3c3cc(-n4c5ccccc5c5ccccc54)ccc32)cc1. The summed E-state index contributed by atoms with van der Waals surface area (Å²) in [5.41, 5.74) is 12.0. The van der Waals surface area contributed by atoms with E-state index in [9.17, 15) is 0 Å². The van der Waals surface area contributed by atoms with E-state index in [2.05, 4.69) is 178 Å². The number of benzene rings is 7. The molecule has 0 unspecified atom stereocenters. The molecule has 7 aromatic carbocycles. The smallest absolute Gasteiger partial charge is 0.0541 e. The van der Waals surface area contributed by atoms with Gasteiger partial charge in [0.2, 0.25) is 0 Å². The summed E-state index contributed by atoms with van der Waals surface area (Å²) >= 11 is 0. The van der Waals surface area contributed by atoms with Crippen LogP contribution < -0.4 is 0 Å². The first kappa shape index (κ1) is 26.9. The van der Waals surface area contributed by atoms with Gasteiger partial charge in [0.25, 0.3) is 0 Å². The van der Waals surface area contributed by atoms with Crippen molar-refractivity contribution in [3.8, 4) is 11.4 Å². The molecule has 10 aromatic rings. The highest BCUT2D eigenvalue weighted by atomic mass is 15.0. The molecule has 48 heavy (non-hydrogen) atoms. The van der Waals surface area contributed by atoms with Gasteiger partial charge in [-0.1, -0.05) is 110 Å². The average Bonchev–Trinajstić information content (AvgIpc) is 3.77. The first-order valence-corrected chi connectivity index (χ1v) is 16.5. The van der Waals surface area contributed by atoms with Crippen LogP contribution in [0.15, 0.2) is 164 Å². The Hall–Kier alpha value is -6.32. The molecule has 0 fully saturated rings. The lowest BCUT2D eigenvalue weighted by Gasteiger charge is -2.11. The fourth-order valence-corrected chi connectivity index (χ4v) is 7.87. The first-order valence-electron chi connectivity index (χ1n) is 16.5. The average molecular weight is 614 g/mol. The Balaban J connectivity index is 1.26. The fourth-order valence-electron chi connectivity index (χ4n) is 7.87. The van der Waals surface area contributed by atoms with Crippen LogP contribution in [0.25, 0.3) is 82.9 Å². The van der Waals surface area contributed by atoms with E-state index in [4.69, 9.17) is 0 Å². The van der Waals surface area contributed by atoms with Crippen LogP contribution >= 0.6 is 0 Å². The van der Waals surface area contributed by atoms with E-state index in [1.807, 2.05) is 6.08 Å². The van der Waals surface area contributed by atoms with Gasteiger partial charge in [0.1, 0.15) is 0 Å². The minimum atomic E-state index is 0.779. The molecule has 0 aliphatic rings. The van der Waals surface area contributed by atoms with Crippen molar-refractivity contribution < 1.29 is 0 Å². The predicted octanol–water partition coefficient (Wildman–Crippen LogP) is 11.7. The van der Waals surface area contributed by atoms with Crippen LogP contribution in [0.3, 0.4) is 0 Å². The molecule has 0 bridgehead atoms. The van der Waals surface area contributed by atoms with Crippen molar-refractivity contribution in [2.45, 2.75) is 6.54 Å². The van der Waals surface area contributed by atoms with Gasteiger partial charge in [-0.15, -0.1) is 0 Å². The van der Waals surface area contributed by atoms with Crippen molar-refractivity contribution in [3.63, 3.8) is 0 Å². The summed E-state index contributed by atoms with van der Waals surface area (Å²) in [7, 11) is 0. The van der Waals surface area contributed by atoms with Crippen LogP contribution in [0.4, 0.5) is 0 Å². The lowest BCUT2D eigenvalue weighted by molar-refractivity contribution is 0.868. The van der Waals surface area contributed by atoms with E-state index in [0.29, 0.717) is 0 Å². The third-order valence-electron chi connectivity index (χ3n) is 10.1. The molecule has 0 atom stereocenters. The number of fused-ring (bicyclic) bond motifs is 9. The van der Waals surface area contributed by atoms with Crippen molar-refractivity contribution in [2.75, 3.05) is 0 Å². The molecule has 0 saturated carbocycles. The second kappa shape index (κ2) is 10.3. The monoisotopic (exact) mass is 613 g/mol. The molecule has 0 saturated heterocycles. The molecule has 0 N–H and O–H groups in total. The Bertz CT molecular complexity index is 2600. The van der Waals surface area contributed by atoms with E-state index < -0.39 is 0 Å². The molecule has 0 aliphatic carbocycles. The Morgan fingerprint density at radius 3 is 1.19 bits per heavy atom. The van der Waals surface area contributed by atoms with E-state index in [1.165, 1.54) is 71.0 Å². The second-order valence-corrected chi connectivity index (χ2v) is 12.7. The van der Waals surface area contributed by atoms with E-state index >= 15 is 0 Å². The predicted molar refractivity (Wildman–Crippen MR) is 204 cm³/mol. The number of aromatic nitrogens is 3. The molecule has 0 spiro atoms. The summed E-state index contributed by atoms with van der Waals surface area (Å²) in [6.45, 7) is 4.72. The molecule has 0 aliphatic heterocycles. The quantitative estimate of drug-likeness (QED) is 0.183. The summed E-state index contributed by atoms with van der Waals surface area (Å²) in [5, 5.41) is 7.57. The topological polar surface area (TPSA) is 14.8 Å². The second-order valence-electron chi connectivity index (χ2n) is 12.7. The van der Waals surface area contributed by atoms with Gasteiger partial charge in [-0.25, -0.2) is 0 Å². The van der Waals surface area contributed by atoms with E-state index in [0.717, 1.165) is 23.5 Å². The first-order chi connectivity index (χ1) is 23.8. The van der Waals surface area contributed by atoms with E-state index in [-0.39, 0.29) is 0 Å². The van der Waals surface area contributed by atoms with E-state index in [1.54, 1.807) is 0 Å². The molecule has 10 rings (SSSR count). The third kappa shape index (κ3) is 3.88. The molecular formula is C45H31N3. The van der Waals surface area contributed by atoms with Crippen molar-refractivity contribution >= 4 is 71.5 Å². The van der Waals surface area contributed by atoms with Gasteiger partial charge in [-0.2, -0.15) is 0 Å². The Morgan fingerprint density at radius 2 is 0.792 bits per heavy atom. The largest absolute Gasteiger partial charge is 0.336 e. The number of rotatable bonds is 5. The molecule has 0 radical (unpaired) electrons. The number of para-hydroxylation sites is 4. The standard InChI is InChI=1S/C45H31N3/c1-2-30-19-21-31(22-20-30)29-46-40-25-23-32(47-42-15-7-3-11-34(42)35-12-4-8-16-43(35)47)27-38(40)39-28-33(24-26-41(39)46)48-44-17-9-5-13-36(44)37-14-6-10-18-45(37)48/h2-28H,1,29H2.